The van der Waals surface area contributed by atoms with E-state index in [1.54, 1.807) is 16.2 Å². The maximum atomic E-state index is 13.0. The first-order valence-electron chi connectivity index (χ1n) is 8.49. The number of hydrogen-bond donors (Lipinski definition) is 1. The number of nitrogens with zero attached hydrogens (tertiary/aromatic N) is 3. The summed E-state index contributed by atoms with van der Waals surface area (Å²) in [4.78, 5) is 33.6. The lowest BCUT2D eigenvalue weighted by Gasteiger charge is -2.22. The number of likely N-dealkylation sites (tertiary alicyclic amines) is 1. The van der Waals surface area contributed by atoms with Crippen molar-refractivity contribution in [3.8, 4) is 10.4 Å². The van der Waals surface area contributed by atoms with Gasteiger partial charge in [-0.1, -0.05) is 13.0 Å². The van der Waals surface area contributed by atoms with Crippen molar-refractivity contribution in [2.24, 2.45) is 11.1 Å². The first-order chi connectivity index (χ1) is 12.5. The zero-order valence-electron chi connectivity index (χ0n) is 14.9. The van der Waals surface area contributed by atoms with Crippen molar-refractivity contribution in [3.05, 3.63) is 39.6 Å². The highest BCUT2D eigenvalue weighted by molar-refractivity contribution is 7.18. The molecule has 0 radical (unpaired) electrons. The molecule has 3 aromatic heterocycles. The SMILES string of the molecule is CC1(CN)CCN(C(=O)Cn2cnc3scc(-c4cccs4)c3c2=O)C1.Cl. The highest BCUT2D eigenvalue weighted by atomic mass is 35.5. The summed E-state index contributed by atoms with van der Waals surface area (Å²) in [6.45, 7) is 4.01. The lowest BCUT2D eigenvalue weighted by Crippen LogP contribution is -2.37. The monoisotopic (exact) mass is 424 g/mol. The maximum absolute atomic E-state index is 13.0. The molecule has 4 heterocycles. The van der Waals surface area contributed by atoms with Gasteiger partial charge in [0.1, 0.15) is 11.4 Å². The molecule has 1 aliphatic heterocycles. The van der Waals surface area contributed by atoms with E-state index in [4.69, 9.17) is 5.73 Å². The maximum Gasteiger partial charge on any atom is 0.263 e. The molecule has 6 nitrogen and oxygen atoms in total. The zero-order chi connectivity index (χ0) is 18.3. The number of hydrogen-bond acceptors (Lipinski definition) is 6. The van der Waals surface area contributed by atoms with Gasteiger partial charge in [0.05, 0.1) is 11.7 Å². The van der Waals surface area contributed by atoms with Crippen molar-refractivity contribution >= 4 is 51.2 Å². The largest absolute Gasteiger partial charge is 0.341 e. The second kappa shape index (κ2) is 7.71. The van der Waals surface area contributed by atoms with Crippen LogP contribution in [0.15, 0.2) is 34.0 Å². The van der Waals surface area contributed by atoms with E-state index in [0.717, 1.165) is 16.9 Å². The van der Waals surface area contributed by atoms with Gasteiger partial charge in [-0.3, -0.25) is 14.2 Å². The predicted molar refractivity (Wildman–Crippen MR) is 113 cm³/mol. The van der Waals surface area contributed by atoms with Crippen LogP contribution in [0, 0.1) is 5.41 Å². The average molecular weight is 425 g/mol. The number of amides is 1. The predicted octanol–water partition coefficient (Wildman–Crippen LogP) is 2.81. The van der Waals surface area contributed by atoms with E-state index >= 15 is 0 Å². The minimum Gasteiger partial charge on any atom is -0.341 e. The molecule has 4 rings (SSSR count). The van der Waals surface area contributed by atoms with Gasteiger partial charge in [-0.25, -0.2) is 4.98 Å². The van der Waals surface area contributed by atoms with E-state index in [1.807, 2.05) is 22.9 Å². The van der Waals surface area contributed by atoms with Gasteiger partial charge in [-0.2, -0.15) is 0 Å². The van der Waals surface area contributed by atoms with E-state index in [0.29, 0.717) is 29.9 Å². The molecular formula is C18H21ClN4O2S2. The van der Waals surface area contributed by atoms with Gasteiger partial charge in [0, 0.05) is 28.9 Å². The molecule has 9 heteroatoms. The van der Waals surface area contributed by atoms with Gasteiger partial charge in [0.25, 0.3) is 5.56 Å². The standard InChI is InChI=1S/C18H20N4O2S2.ClH/c1-18(9-19)4-5-21(10-18)14(23)7-22-11-20-16-15(17(22)24)12(8-26-16)13-3-2-6-25-13;/h2-3,6,8,11H,4-5,7,9-10,19H2,1H3;1H. The van der Waals surface area contributed by atoms with E-state index in [9.17, 15) is 9.59 Å². The Morgan fingerprint density at radius 1 is 1.41 bits per heavy atom. The molecule has 0 saturated carbocycles. The number of rotatable bonds is 4. The topological polar surface area (TPSA) is 81.2 Å². The van der Waals surface area contributed by atoms with Crippen molar-refractivity contribution in [2.75, 3.05) is 19.6 Å². The molecule has 144 valence electrons. The summed E-state index contributed by atoms with van der Waals surface area (Å²) in [6, 6.07) is 3.95. The van der Waals surface area contributed by atoms with Crippen molar-refractivity contribution in [3.63, 3.8) is 0 Å². The fourth-order valence-electron chi connectivity index (χ4n) is 3.34. The third kappa shape index (κ3) is 3.67. The summed E-state index contributed by atoms with van der Waals surface area (Å²) in [6.07, 6.45) is 2.38. The molecule has 1 saturated heterocycles. The van der Waals surface area contributed by atoms with E-state index in [-0.39, 0.29) is 35.8 Å². The number of nitrogens with two attached hydrogens (primary N) is 1. The number of halogens is 1. The van der Waals surface area contributed by atoms with E-state index < -0.39 is 0 Å². The van der Waals surface area contributed by atoms with Crippen molar-refractivity contribution < 1.29 is 4.79 Å². The molecule has 0 aliphatic carbocycles. The van der Waals surface area contributed by atoms with Crippen LogP contribution in [0.1, 0.15) is 13.3 Å². The van der Waals surface area contributed by atoms with E-state index in [2.05, 4.69) is 11.9 Å². The number of carbonyl (C=O) groups is 1. The summed E-state index contributed by atoms with van der Waals surface area (Å²) in [5.41, 5.74) is 6.53. The molecular weight excluding hydrogens is 404 g/mol. The lowest BCUT2D eigenvalue weighted by molar-refractivity contribution is -0.131. The average Bonchev–Trinajstić information content (AvgIpc) is 3.36. The van der Waals surface area contributed by atoms with Crippen molar-refractivity contribution in [1.29, 1.82) is 0 Å². The van der Waals surface area contributed by atoms with Crippen molar-refractivity contribution in [1.82, 2.24) is 14.5 Å². The van der Waals surface area contributed by atoms with Gasteiger partial charge in [0.2, 0.25) is 5.91 Å². The number of carbonyl (C=O) groups excluding carboxylic acids is 1. The van der Waals surface area contributed by atoms with Crippen LogP contribution in [0.4, 0.5) is 0 Å². The molecule has 1 atom stereocenters. The Bertz CT molecular complexity index is 1010. The molecule has 1 unspecified atom stereocenters. The highest BCUT2D eigenvalue weighted by Gasteiger charge is 2.34. The summed E-state index contributed by atoms with van der Waals surface area (Å²) in [7, 11) is 0. The first kappa shape index (κ1) is 20.0. The highest BCUT2D eigenvalue weighted by Crippen LogP contribution is 2.33. The lowest BCUT2D eigenvalue weighted by atomic mass is 9.90. The normalized spacial score (nSPS) is 19.4. The minimum absolute atomic E-state index is 0. The van der Waals surface area contributed by atoms with Gasteiger partial charge in [-0.05, 0) is 29.8 Å². The Labute approximate surface area is 171 Å². The fraction of sp³-hybridized carbons (Fsp3) is 0.389. The van der Waals surface area contributed by atoms with Crippen LogP contribution in [-0.4, -0.2) is 40.0 Å². The van der Waals surface area contributed by atoms with Gasteiger partial charge in [-0.15, -0.1) is 35.1 Å². The molecule has 1 aliphatic rings. The molecule has 0 bridgehead atoms. The van der Waals surface area contributed by atoms with Crippen LogP contribution >= 0.6 is 35.1 Å². The number of fused-ring (bicyclic) bond motifs is 1. The molecule has 27 heavy (non-hydrogen) atoms. The van der Waals surface area contributed by atoms with Crippen LogP contribution in [0.25, 0.3) is 20.7 Å². The molecule has 3 aromatic rings. The second-order valence-corrected chi connectivity index (χ2v) is 8.87. The zero-order valence-corrected chi connectivity index (χ0v) is 17.3. The van der Waals surface area contributed by atoms with Crippen LogP contribution in [0.5, 0.6) is 0 Å². The number of aromatic nitrogens is 2. The Morgan fingerprint density at radius 2 is 2.22 bits per heavy atom. The Hall–Kier alpha value is -1.74. The summed E-state index contributed by atoms with van der Waals surface area (Å²) in [5, 5.41) is 4.55. The fourth-order valence-corrected chi connectivity index (χ4v) is 5.06. The third-order valence-electron chi connectivity index (χ3n) is 5.06. The Morgan fingerprint density at radius 3 is 2.89 bits per heavy atom. The summed E-state index contributed by atoms with van der Waals surface area (Å²) < 4.78 is 1.42. The van der Waals surface area contributed by atoms with Crippen LogP contribution in [0.3, 0.4) is 0 Å². The summed E-state index contributed by atoms with van der Waals surface area (Å²) in [5.74, 6) is -0.0571. The molecule has 0 aromatic carbocycles. The summed E-state index contributed by atoms with van der Waals surface area (Å²) >= 11 is 3.05. The van der Waals surface area contributed by atoms with Gasteiger partial charge < -0.3 is 10.6 Å². The quantitative estimate of drug-likeness (QED) is 0.698. The third-order valence-corrected chi connectivity index (χ3v) is 6.85. The Balaban J connectivity index is 0.00000210. The second-order valence-electron chi connectivity index (χ2n) is 7.06. The molecule has 0 spiro atoms. The molecule has 1 amide bonds. The van der Waals surface area contributed by atoms with Crippen LogP contribution < -0.4 is 11.3 Å². The number of thiophene rings is 2. The van der Waals surface area contributed by atoms with Gasteiger partial charge >= 0.3 is 0 Å². The minimum atomic E-state index is -0.159. The first-order valence-corrected chi connectivity index (χ1v) is 10.2. The molecule has 2 N–H and O–H groups in total. The smallest absolute Gasteiger partial charge is 0.263 e. The van der Waals surface area contributed by atoms with Crippen molar-refractivity contribution in [2.45, 2.75) is 19.9 Å². The van der Waals surface area contributed by atoms with Gasteiger partial charge in [0.15, 0.2) is 0 Å². The Kier molecular flexibility index (Phi) is 5.71. The van der Waals surface area contributed by atoms with E-state index in [1.165, 1.54) is 22.2 Å². The molecule has 1 fully saturated rings. The van der Waals surface area contributed by atoms with Crippen LogP contribution in [0.2, 0.25) is 0 Å². The van der Waals surface area contributed by atoms with Crippen LogP contribution in [-0.2, 0) is 11.3 Å².